The first-order chi connectivity index (χ1) is 7.08. The second-order valence-electron chi connectivity index (χ2n) is 4.06. The molecule has 15 heavy (non-hydrogen) atoms. The van der Waals surface area contributed by atoms with Crippen molar-refractivity contribution in [1.29, 1.82) is 0 Å². The van der Waals surface area contributed by atoms with Crippen LogP contribution in [0.15, 0.2) is 18.3 Å². The molecule has 3 heteroatoms. The van der Waals surface area contributed by atoms with Crippen molar-refractivity contribution in [3.05, 3.63) is 29.6 Å². The molecule has 0 fully saturated rings. The highest BCUT2D eigenvalue weighted by molar-refractivity contribution is 5.23. The quantitative estimate of drug-likeness (QED) is 0.750. The molecule has 0 radical (unpaired) electrons. The second-order valence-corrected chi connectivity index (χ2v) is 4.06. The van der Waals surface area contributed by atoms with Crippen LogP contribution in [0.5, 0.6) is 0 Å². The smallest absolute Gasteiger partial charge is 0.0669 e. The van der Waals surface area contributed by atoms with E-state index in [1.54, 1.807) is 0 Å². The Morgan fingerprint density at radius 2 is 2.33 bits per heavy atom. The molecule has 0 spiro atoms. The van der Waals surface area contributed by atoms with Gasteiger partial charge in [0.15, 0.2) is 0 Å². The Morgan fingerprint density at radius 3 is 2.80 bits per heavy atom. The van der Waals surface area contributed by atoms with Crippen LogP contribution in [0.4, 0.5) is 0 Å². The minimum atomic E-state index is 0.339. The van der Waals surface area contributed by atoms with Crippen molar-refractivity contribution < 1.29 is 0 Å². The van der Waals surface area contributed by atoms with Gasteiger partial charge in [-0.2, -0.15) is 5.10 Å². The van der Waals surface area contributed by atoms with E-state index in [0.29, 0.717) is 6.04 Å². The summed E-state index contributed by atoms with van der Waals surface area (Å²) >= 11 is 0. The predicted molar refractivity (Wildman–Crippen MR) is 63.8 cm³/mol. The molecule has 0 aliphatic carbocycles. The molecule has 0 amide bonds. The van der Waals surface area contributed by atoms with Crippen molar-refractivity contribution >= 4 is 0 Å². The average Bonchev–Trinajstić information content (AvgIpc) is 2.55. The van der Waals surface area contributed by atoms with Crippen LogP contribution in [0.3, 0.4) is 0 Å². The van der Waals surface area contributed by atoms with Crippen LogP contribution in [0.2, 0.25) is 0 Å². The van der Waals surface area contributed by atoms with Gasteiger partial charge in [0.25, 0.3) is 0 Å². The third-order valence-electron chi connectivity index (χ3n) is 2.55. The number of hydrogen-bond acceptors (Lipinski definition) is 2. The summed E-state index contributed by atoms with van der Waals surface area (Å²) in [5.41, 5.74) is 3.67. The van der Waals surface area contributed by atoms with Gasteiger partial charge in [-0.15, -0.1) is 6.58 Å². The van der Waals surface area contributed by atoms with E-state index in [1.807, 2.05) is 18.8 Å². The standard InChI is InChI=1S/C12H21N3/c1-6-11-10(8-15(5)14-11)12(13-4)7-9(2)3/h8,12-13H,2,6-7H2,1,3-5H3. The van der Waals surface area contributed by atoms with E-state index in [1.165, 1.54) is 16.8 Å². The van der Waals surface area contributed by atoms with Crippen molar-refractivity contribution in [2.24, 2.45) is 7.05 Å². The summed E-state index contributed by atoms with van der Waals surface area (Å²) in [6.07, 6.45) is 4.04. The fourth-order valence-corrected chi connectivity index (χ4v) is 1.83. The Labute approximate surface area is 92.2 Å². The van der Waals surface area contributed by atoms with Gasteiger partial charge in [0, 0.05) is 24.8 Å². The van der Waals surface area contributed by atoms with Gasteiger partial charge < -0.3 is 5.32 Å². The molecule has 1 aromatic rings. The Balaban J connectivity index is 2.94. The SMILES string of the molecule is C=C(C)CC(NC)c1cn(C)nc1CC. The zero-order chi connectivity index (χ0) is 11.4. The van der Waals surface area contributed by atoms with Crippen molar-refractivity contribution in [3.63, 3.8) is 0 Å². The lowest BCUT2D eigenvalue weighted by Gasteiger charge is -2.15. The molecular formula is C12H21N3. The maximum atomic E-state index is 4.45. The monoisotopic (exact) mass is 207 g/mol. The average molecular weight is 207 g/mol. The number of rotatable bonds is 5. The minimum absolute atomic E-state index is 0.339. The molecule has 84 valence electrons. The first-order valence-electron chi connectivity index (χ1n) is 5.42. The third-order valence-corrected chi connectivity index (χ3v) is 2.55. The van der Waals surface area contributed by atoms with Crippen molar-refractivity contribution in [1.82, 2.24) is 15.1 Å². The molecule has 1 N–H and O–H groups in total. The van der Waals surface area contributed by atoms with Crippen LogP contribution in [-0.2, 0) is 13.5 Å². The van der Waals surface area contributed by atoms with Gasteiger partial charge in [-0.05, 0) is 26.8 Å². The number of hydrogen-bond donors (Lipinski definition) is 1. The van der Waals surface area contributed by atoms with Gasteiger partial charge in [0.05, 0.1) is 5.69 Å². The number of aromatic nitrogens is 2. The number of nitrogens with one attached hydrogen (secondary N) is 1. The first kappa shape index (κ1) is 12.0. The van der Waals surface area contributed by atoms with Gasteiger partial charge in [-0.3, -0.25) is 4.68 Å². The van der Waals surface area contributed by atoms with Crippen molar-refractivity contribution in [2.75, 3.05) is 7.05 Å². The van der Waals surface area contributed by atoms with E-state index in [-0.39, 0.29) is 0 Å². The minimum Gasteiger partial charge on any atom is -0.313 e. The van der Waals surface area contributed by atoms with E-state index in [0.717, 1.165) is 12.8 Å². The van der Waals surface area contributed by atoms with E-state index < -0.39 is 0 Å². The Kier molecular flexibility index (Phi) is 4.09. The Morgan fingerprint density at radius 1 is 1.67 bits per heavy atom. The molecule has 0 aliphatic rings. The van der Waals surface area contributed by atoms with Crippen LogP contribution in [-0.4, -0.2) is 16.8 Å². The van der Waals surface area contributed by atoms with E-state index >= 15 is 0 Å². The molecule has 1 atom stereocenters. The van der Waals surface area contributed by atoms with E-state index in [4.69, 9.17) is 0 Å². The summed E-state index contributed by atoms with van der Waals surface area (Å²) in [6.45, 7) is 8.16. The molecule has 0 saturated carbocycles. The highest BCUT2D eigenvalue weighted by Gasteiger charge is 2.15. The van der Waals surface area contributed by atoms with Crippen LogP contribution < -0.4 is 5.32 Å². The van der Waals surface area contributed by atoms with E-state index in [9.17, 15) is 0 Å². The van der Waals surface area contributed by atoms with Gasteiger partial charge in [0.2, 0.25) is 0 Å². The zero-order valence-electron chi connectivity index (χ0n) is 10.2. The molecule has 1 unspecified atom stereocenters. The maximum Gasteiger partial charge on any atom is 0.0669 e. The molecule has 1 heterocycles. The third kappa shape index (κ3) is 2.93. The first-order valence-corrected chi connectivity index (χ1v) is 5.42. The lowest BCUT2D eigenvalue weighted by atomic mass is 10.0. The fraction of sp³-hybridized carbons (Fsp3) is 0.583. The lowest BCUT2D eigenvalue weighted by Crippen LogP contribution is -2.17. The molecular weight excluding hydrogens is 186 g/mol. The Hall–Kier alpha value is -1.09. The lowest BCUT2D eigenvalue weighted by molar-refractivity contribution is 0.584. The molecule has 0 aromatic carbocycles. The molecule has 3 nitrogen and oxygen atoms in total. The zero-order valence-corrected chi connectivity index (χ0v) is 10.2. The molecule has 0 bridgehead atoms. The topological polar surface area (TPSA) is 29.9 Å². The van der Waals surface area contributed by atoms with E-state index in [2.05, 4.69) is 37.0 Å². The van der Waals surface area contributed by atoms with Gasteiger partial charge in [-0.1, -0.05) is 12.5 Å². The Bertz CT molecular complexity index is 339. The molecule has 0 saturated heterocycles. The second kappa shape index (κ2) is 5.12. The van der Waals surface area contributed by atoms with Crippen LogP contribution in [0, 0.1) is 0 Å². The van der Waals surface area contributed by atoms with Crippen molar-refractivity contribution in [2.45, 2.75) is 32.7 Å². The van der Waals surface area contributed by atoms with Gasteiger partial charge in [-0.25, -0.2) is 0 Å². The highest BCUT2D eigenvalue weighted by atomic mass is 15.3. The summed E-state index contributed by atoms with van der Waals surface area (Å²) < 4.78 is 1.89. The molecule has 1 rings (SSSR count). The number of aryl methyl sites for hydroxylation is 2. The normalized spacial score (nSPS) is 12.8. The summed E-state index contributed by atoms with van der Waals surface area (Å²) in [7, 11) is 3.95. The van der Waals surface area contributed by atoms with Gasteiger partial charge in [0.1, 0.15) is 0 Å². The predicted octanol–water partition coefficient (Wildman–Crippen LogP) is 2.21. The molecule has 0 aliphatic heterocycles. The van der Waals surface area contributed by atoms with Gasteiger partial charge >= 0.3 is 0 Å². The highest BCUT2D eigenvalue weighted by Crippen LogP contribution is 2.22. The number of nitrogens with zero attached hydrogens (tertiary/aromatic N) is 2. The fourth-order valence-electron chi connectivity index (χ4n) is 1.83. The van der Waals surface area contributed by atoms with Crippen molar-refractivity contribution in [3.8, 4) is 0 Å². The largest absolute Gasteiger partial charge is 0.313 e. The molecule has 1 aromatic heterocycles. The summed E-state index contributed by atoms with van der Waals surface area (Å²) in [5.74, 6) is 0. The maximum absolute atomic E-state index is 4.45. The van der Waals surface area contributed by atoms with Crippen LogP contribution in [0.1, 0.15) is 37.6 Å². The summed E-state index contributed by atoms with van der Waals surface area (Å²) in [6, 6.07) is 0.339. The summed E-state index contributed by atoms with van der Waals surface area (Å²) in [5, 5.41) is 7.78. The van der Waals surface area contributed by atoms with Crippen LogP contribution >= 0.6 is 0 Å². The summed E-state index contributed by atoms with van der Waals surface area (Å²) in [4.78, 5) is 0. The van der Waals surface area contributed by atoms with Crippen LogP contribution in [0.25, 0.3) is 0 Å².